The molecular weight excluding hydrogens is 236 g/mol. The summed E-state index contributed by atoms with van der Waals surface area (Å²) in [6, 6.07) is 0.0113. The number of piperidine rings is 1. The normalized spacial score (nSPS) is 35.6. The molecular formula is C16H28N2O. The van der Waals surface area contributed by atoms with Gasteiger partial charge >= 0.3 is 0 Å². The van der Waals surface area contributed by atoms with Gasteiger partial charge in [0.2, 0.25) is 5.91 Å². The highest BCUT2D eigenvalue weighted by atomic mass is 16.2. The monoisotopic (exact) mass is 264 g/mol. The zero-order valence-corrected chi connectivity index (χ0v) is 12.2. The lowest BCUT2D eigenvalue weighted by atomic mass is 9.88. The summed E-state index contributed by atoms with van der Waals surface area (Å²) in [7, 11) is 0. The summed E-state index contributed by atoms with van der Waals surface area (Å²) in [6.07, 6.45) is 9.42. The summed E-state index contributed by atoms with van der Waals surface area (Å²) in [5.41, 5.74) is 0. The van der Waals surface area contributed by atoms with E-state index < -0.39 is 0 Å². The van der Waals surface area contributed by atoms with Crippen LogP contribution in [-0.4, -0.2) is 36.5 Å². The van der Waals surface area contributed by atoms with Crippen molar-refractivity contribution in [1.29, 1.82) is 0 Å². The number of rotatable bonds is 4. The van der Waals surface area contributed by atoms with E-state index in [1.54, 1.807) is 0 Å². The summed E-state index contributed by atoms with van der Waals surface area (Å²) in [5.74, 6) is 3.12. The van der Waals surface area contributed by atoms with Gasteiger partial charge in [-0.15, -0.1) is 0 Å². The van der Waals surface area contributed by atoms with E-state index >= 15 is 0 Å². The van der Waals surface area contributed by atoms with Gasteiger partial charge in [-0.3, -0.25) is 4.79 Å². The van der Waals surface area contributed by atoms with Gasteiger partial charge in [0, 0.05) is 13.1 Å². The van der Waals surface area contributed by atoms with Crippen LogP contribution in [0.4, 0.5) is 0 Å². The highest BCUT2D eigenvalue weighted by Gasteiger charge is 2.39. The van der Waals surface area contributed by atoms with E-state index in [1.165, 1.54) is 44.9 Å². The Morgan fingerprint density at radius 1 is 1.21 bits per heavy atom. The fourth-order valence-electron chi connectivity index (χ4n) is 4.43. The predicted molar refractivity (Wildman–Crippen MR) is 76.8 cm³/mol. The zero-order chi connectivity index (χ0) is 13.2. The minimum Gasteiger partial charge on any atom is -0.341 e. The van der Waals surface area contributed by atoms with Gasteiger partial charge in [-0.2, -0.15) is 0 Å². The topological polar surface area (TPSA) is 32.3 Å². The minimum atomic E-state index is 0.0113. The number of hydrogen-bond donors (Lipinski definition) is 1. The maximum atomic E-state index is 12.3. The first-order chi connectivity index (χ1) is 9.24. The molecule has 4 atom stereocenters. The molecule has 108 valence electrons. The van der Waals surface area contributed by atoms with Crippen molar-refractivity contribution < 1.29 is 4.79 Å². The fraction of sp³-hybridized carbons (Fsp3) is 0.938. The van der Waals surface area contributed by atoms with Crippen LogP contribution in [-0.2, 0) is 4.79 Å². The second-order valence-corrected chi connectivity index (χ2v) is 6.95. The first kappa shape index (κ1) is 13.4. The summed E-state index contributed by atoms with van der Waals surface area (Å²) >= 11 is 0. The molecule has 1 saturated heterocycles. The third kappa shape index (κ3) is 2.96. The number of nitrogens with one attached hydrogen (secondary N) is 1. The summed E-state index contributed by atoms with van der Waals surface area (Å²) < 4.78 is 0. The molecule has 2 bridgehead atoms. The number of hydrogen-bond acceptors (Lipinski definition) is 2. The molecule has 2 saturated carbocycles. The Balaban J connectivity index is 1.43. The standard InChI is InChI=1S/C16H28N2O/c1-12(16(19)18-7-3-2-4-8-18)17-11-15-10-13-5-6-14(15)9-13/h12-15,17H,2-11H2,1H3. The largest absolute Gasteiger partial charge is 0.341 e. The molecule has 3 heteroatoms. The Bertz CT molecular complexity index is 325. The predicted octanol–water partition coefficient (Wildman–Crippen LogP) is 2.41. The van der Waals surface area contributed by atoms with Gasteiger partial charge in [-0.1, -0.05) is 6.42 Å². The van der Waals surface area contributed by atoms with Crippen LogP contribution in [0.1, 0.15) is 51.9 Å². The Hall–Kier alpha value is -0.570. The SMILES string of the molecule is CC(NCC1CC2CCC1C2)C(=O)N1CCCCC1. The molecule has 2 aliphatic carbocycles. The van der Waals surface area contributed by atoms with E-state index in [1.807, 2.05) is 6.92 Å². The minimum absolute atomic E-state index is 0.0113. The van der Waals surface area contributed by atoms with E-state index in [9.17, 15) is 4.79 Å². The summed E-state index contributed by atoms with van der Waals surface area (Å²) in [6.45, 7) is 5.05. The van der Waals surface area contributed by atoms with Gasteiger partial charge in [-0.05, 0) is 69.7 Å². The second-order valence-electron chi connectivity index (χ2n) is 6.95. The van der Waals surface area contributed by atoms with E-state index in [-0.39, 0.29) is 6.04 Å². The lowest BCUT2D eigenvalue weighted by molar-refractivity contribution is -0.134. The van der Waals surface area contributed by atoms with E-state index in [0.29, 0.717) is 5.91 Å². The van der Waals surface area contributed by atoms with Crippen LogP contribution in [0, 0.1) is 17.8 Å². The van der Waals surface area contributed by atoms with Gasteiger partial charge in [0.15, 0.2) is 0 Å². The molecule has 1 aliphatic heterocycles. The molecule has 0 aromatic heterocycles. The molecule has 1 amide bonds. The van der Waals surface area contributed by atoms with Gasteiger partial charge in [0.05, 0.1) is 6.04 Å². The Morgan fingerprint density at radius 3 is 2.63 bits per heavy atom. The van der Waals surface area contributed by atoms with Crippen LogP contribution < -0.4 is 5.32 Å². The van der Waals surface area contributed by atoms with Crippen LogP contribution >= 0.6 is 0 Å². The lowest BCUT2D eigenvalue weighted by Gasteiger charge is -2.30. The average Bonchev–Trinajstić information content (AvgIpc) is 3.07. The molecule has 3 aliphatic rings. The van der Waals surface area contributed by atoms with E-state index in [2.05, 4.69) is 10.2 Å². The maximum Gasteiger partial charge on any atom is 0.239 e. The first-order valence-corrected chi connectivity index (χ1v) is 8.26. The Labute approximate surface area is 117 Å². The van der Waals surface area contributed by atoms with Crippen molar-refractivity contribution in [2.24, 2.45) is 17.8 Å². The number of fused-ring (bicyclic) bond motifs is 2. The van der Waals surface area contributed by atoms with Crippen molar-refractivity contribution in [2.75, 3.05) is 19.6 Å². The molecule has 0 aromatic carbocycles. The van der Waals surface area contributed by atoms with Gasteiger partial charge in [-0.25, -0.2) is 0 Å². The van der Waals surface area contributed by atoms with Crippen molar-refractivity contribution >= 4 is 5.91 Å². The van der Waals surface area contributed by atoms with Gasteiger partial charge < -0.3 is 10.2 Å². The molecule has 3 nitrogen and oxygen atoms in total. The number of amides is 1. The number of likely N-dealkylation sites (tertiary alicyclic amines) is 1. The highest BCUT2D eigenvalue weighted by molar-refractivity contribution is 5.81. The molecule has 1 heterocycles. The molecule has 19 heavy (non-hydrogen) atoms. The molecule has 4 unspecified atom stereocenters. The Kier molecular flexibility index (Phi) is 4.11. The highest BCUT2D eigenvalue weighted by Crippen LogP contribution is 2.47. The average molecular weight is 264 g/mol. The van der Waals surface area contributed by atoms with Crippen LogP contribution in [0.3, 0.4) is 0 Å². The van der Waals surface area contributed by atoms with Crippen molar-refractivity contribution in [2.45, 2.75) is 57.9 Å². The van der Waals surface area contributed by atoms with Gasteiger partial charge in [0.1, 0.15) is 0 Å². The molecule has 0 radical (unpaired) electrons. The third-order valence-electron chi connectivity index (χ3n) is 5.61. The zero-order valence-electron chi connectivity index (χ0n) is 12.2. The van der Waals surface area contributed by atoms with Crippen LogP contribution in [0.5, 0.6) is 0 Å². The molecule has 3 rings (SSSR count). The number of carbonyl (C=O) groups is 1. The summed E-state index contributed by atoms with van der Waals surface area (Å²) in [4.78, 5) is 14.4. The van der Waals surface area contributed by atoms with Crippen LogP contribution in [0.2, 0.25) is 0 Å². The smallest absolute Gasteiger partial charge is 0.239 e. The van der Waals surface area contributed by atoms with Crippen molar-refractivity contribution in [3.05, 3.63) is 0 Å². The number of carbonyl (C=O) groups excluding carboxylic acids is 1. The van der Waals surface area contributed by atoms with Gasteiger partial charge in [0.25, 0.3) is 0 Å². The molecule has 0 spiro atoms. The first-order valence-electron chi connectivity index (χ1n) is 8.26. The summed E-state index contributed by atoms with van der Waals surface area (Å²) in [5, 5.41) is 3.52. The maximum absolute atomic E-state index is 12.3. The van der Waals surface area contributed by atoms with Crippen molar-refractivity contribution in [3.63, 3.8) is 0 Å². The third-order valence-corrected chi connectivity index (χ3v) is 5.61. The van der Waals surface area contributed by atoms with Crippen LogP contribution in [0.15, 0.2) is 0 Å². The Morgan fingerprint density at radius 2 is 2.00 bits per heavy atom. The molecule has 1 N–H and O–H groups in total. The molecule has 0 aromatic rings. The lowest BCUT2D eigenvalue weighted by Crippen LogP contribution is -2.48. The fourth-order valence-corrected chi connectivity index (χ4v) is 4.43. The van der Waals surface area contributed by atoms with Crippen molar-refractivity contribution in [3.8, 4) is 0 Å². The molecule has 3 fully saturated rings. The number of nitrogens with zero attached hydrogens (tertiary/aromatic N) is 1. The van der Waals surface area contributed by atoms with E-state index in [0.717, 1.165) is 37.4 Å². The second kappa shape index (κ2) is 5.82. The van der Waals surface area contributed by atoms with E-state index in [4.69, 9.17) is 0 Å². The quantitative estimate of drug-likeness (QED) is 0.845. The van der Waals surface area contributed by atoms with Crippen molar-refractivity contribution in [1.82, 2.24) is 10.2 Å². The van der Waals surface area contributed by atoms with Crippen LogP contribution in [0.25, 0.3) is 0 Å².